The predicted molar refractivity (Wildman–Crippen MR) is 69.1 cm³/mol. The number of hydrogen-bond acceptors (Lipinski definition) is 3. The fourth-order valence-corrected chi connectivity index (χ4v) is 3.73. The van der Waals surface area contributed by atoms with Crippen LogP contribution >= 0.6 is 0 Å². The van der Waals surface area contributed by atoms with Crippen LogP contribution < -0.4 is 5.32 Å². The van der Waals surface area contributed by atoms with Gasteiger partial charge in [-0.15, -0.1) is 0 Å². The average molecular weight is 238 g/mol. The third-order valence-electron chi connectivity index (χ3n) is 5.06. The van der Waals surface area contributed by atoms with Gasteiger partial charge >= 0.3 is 0 Å². The van der Waals surface area contributed by atoms with E-state index < -0.39 is 0 Å². The zero-order chi connectivity index (χ0) is 11.9. The summed E-state index contributed by atoms with van der Waals surface area (Å²) in [5.74, 6) is 0. The summed E-state index contributed by atoms with van der Waals surface area (Å²) in [7, 11) is 2.33. The van der Waals surface area contributed by atoms with Gasteiger partial charge in [0.05, 0.1) is 13.2 Å². The van der Waals surface area contributed by atoms with E-state index in [2.05, 4.69) is 24.2 Å². The van der Waals surface area contributed by atoms with Crippen LogP contribution in [-0.2, 0) is 4.74 Å². The maximum atomic E-state index is 5.32. The summed E-state index contributed by atoms with van der Waals surface area (Å²) in [5.41, 5.74) is 0.415. The van der Waals surface area contributed by atoms with Crippen LogP contribution in [0, 0.1) is 5.41 Å². The molecule has 0 amide bonds. The third kappa shape index (κ3) is 2.38. The molecule has 0 aromatic rings. The van der Waals surface area contributed by atoms with E-state index in [4.69, 9.17) is 4.74 Å². The molecule has 0 saturated carbocycles. The molecule has 3 aliphatic heterocycles. The van der Waals surface area contributed by atoms with E-state index in [1.165, 1.54) is 32.1 Å². The van der Waals surface area contributed by atoms with Crippen molar-refractivity contribution >= 4 is 0 Å². The van der Waals surface area contributed by atoms with E-state index in [0.717, 1.165) is 37.9 Å². The van der Waals surface area contributed by atoms with E-state index in [1.807, 2.05) is 0 Å². The van der Waals surface area contributed by atoms with Crippen LogP contribution in [0.3, 0.4) is 0 Å². The number of nitrogens with zero attached hydrogens (tertiary/aromatic N) is 1. The summed E-state index contributed by atoms with van der Waals surface area (Å²) in [6.45, 7) is 5.36. The summed E-state index contributed by atoms with van der Waals surface area (Å²) >= 11 is 0. The molecule has 2 unspecified atom stereocenters. The Morgan fingerprint density at radius 3 is 2.41 bits per heavy atom. The summed E-state index contributed by atoms with van der Waals surface area (Å²) in [4.78, 5) is 2.63. The highest BCUT2D eigenvalue weighted by molar-refractivity contribution is 4.94. The van der Waals surface area contributed by atoms with Crippen molar-refractivity contribution in [3.8, 4) is 0 Å². The SMILES string of the molecule is CN1C2CCCC1CC(NCC1(C)COC1)C2. The molecule has 3 saturated heterocycles. The van der Waals surface area contributed by atoms with Gasteiger partial charge in [0.1, 0.15) is 0 Å². The van der Waals surface area contributed by atoms with E-state index in [0.29, 0.717) is 5.41 Å². The lowest BCUT2D eigenvalue weighted by atomic mass is 9.81. The standard InChI is InChI=1S/C14H26N2O/c1-14(9-17-10-14)8-15-11-6-12-4-3-5-13(7-11)16(12)2/h11-13,15H,3-10H2,1-2H3. The van der Waals surface area contributed by atoms with Crippen molar-refractivity contribution in [3.63, 3.8) is 0 Å². The normalized spacial score (nSPS) is 40.9. The first-order valence-electron chi connectivity index (χ1n) is 7.19. The van der Waals surface area contributed by atoms with Crippen LogP contribution in [0.4, 0.5) is 0 Å². The molecule has 98 valence electrons. The molecule has 0 aromatic heterocycles. The molecular formula is C14H26N2O. The minimum Gasteiger partial charge on any atom is -0.380 e. The quantitative estimate of drug-likeness (QED) is 0.809. The van der Waals surface area contributed by atoms with Crippen molar-refractivity contribution < 1.29 is 4.74 Å². The molecule has 3 rings (SSSR count). The average Bonchev–Trinajstić information content (AvgIpc) is 2.24. The van der Waals surface area contributed by atoms with Gasteiger partial charge in [-0.2, -0.15) is 0 Å². The van der Waals surface area contributed by atoms with Gasteiger partial charge < -0.3 is 15.0 Å². The molecule has 17 heavy (non-hydrogen) atoms. The Kier molecular flexibility index (Phi) is 3.18. The number of nitrogens with one attached hydrogen (secondary N) is 1. The van der Waals surface area contributed by atoms with Crippen LogP contribution in [0.2, 0.25) is 0 Å². The number of hydrogen-bond donors (Lipinski definition) is 1. The van der Waals surface area contributed by atoms with Gasteiger partial charge in [-0.3, -0.25) is 0 Å². The van der Waals surface area contributed by atoms with Crippen molar-refractivity contribution in [1.82, 2.24) is 10.2 Å². The zero-order valence-corrected chi connectivity index (χ0v) is 11.2. The Bertz CT molecular complexity index is 263. The zero-order valence-electron chi connectivity index (χ0n) is 11.2. The Morgan fingerprint density at radius 1 is 1.24 bits per heavy atom. The lowest BCUT2D eigenvalue weighted by Crippen LogP contribution is -2.57. The summed E-state index contributed by atoms with van der Waals surface area (Å²) in [6.07, 6.45) is 6.96. The summed E-state index contributed by atoms with van der Waals surface area (Å²) in [5, 5.41) is 3.81. The molecule has 3 nitrogen and oxygen atoms in total. The van der Waals surface area contributed by atoms with Crippen molar-refractivity contribution in [2.24, 2.45) is 5.41 Å². The van der Waals surface area contributed by atoms with E-state index in [1.54, 1.807) is 0 Å². The molecule has 0 spiro atoms. The van der Waals surface area contributed by atoms with Crippen molar-refractivity contribution in [2.75, 3.05) is 26.8 Å². The first-order chi connectivity index (χ1) is 8.16. The highest BCUT2D eigenvalue weighted by Gasteiger charge is 2.38. The Labute approximate surface area is 105 Å². The Morgan fingerprint density at radius 2 is 1.88 bits per heavy atom. The minimum absolute atomic E-state index is 0.415. The molecule has 2 atom stereocenters. The molecule has 0 aromatic carbocycles. The molecule has 0 aliphatic carbocycles. The second-order valence-electron chi connectivity index (χ2n) is 6.76. The van der Waals surface area contributed by atoms with Crippen molar-refractivity contribution in [2.45, 2.75) is 57.2 Å². The summed E-state index contributed by atoms with van der Waals surface area (Å²) in [6, 6.07) is 2.43. The molecular weight excluding hydrogens is 212 g/mol. The molecule has 3 aliphatic rings. The molecule has 2 bridgehead atoms. The predicted octanol–water partition coefficient (Wildman–Crippen LogP) is 1.63. The van der Waals surface area contributed by atoms with Gasteiger partial charge in [-0.05, 0) is 32.7 Å². The summed E-state index contributed by atoms with van der Waals surface area (Å²) < 4.78 is 5.32. The third-order valence-corrected chi connectivity index (χ3v) is 5.06. The Balaban J connectivity index is 1.51. The van der Waals surface area contributed by atoms with E-state index >= 15 is 0 Å². The minimum atomic E-state index is 0.415. The van der Waals surface area contributed by atoms with Crippen molar-refractivity contribution in [1.29, 1.82) is 0 Å². The number of fused-ring (bicyclic) bond motifs is 2. The van der Waals surface area contributed by atoms with Crippen LogP contribution in [0.5, 0.6) is 0 Å². The highest BCUT2D eigenvalue weighted by Crippen LogP contribution is 2.33. The fraction of sp³-hybridized carbons (Fsp3) is 1.00. The number of rotatable bonds is 3. The number of piperidine rings is 2. The van der Waals surface area contributed by atoms with Gasteiger partial charge in [-0.25, -0.2) is 0 Å². The molecule has 0 radical (unpaired) electrons. The second-order valence-corrected chi connectivity index (χ2v) is 6.76. The van der Waals surface area contributed by atoms with E-state index in [9.17, 15) is 0 Å². The van der Waals surface area contributed by atoms with Gasteiger partial charge in [0, 0.05) is 30.1 Å². The lowest BCUT2D eigenvalue weighted by molar-refractivity contribution is -0.101. The van der Waals surface area contributed by atoms with Crippen LogP contribution in [0.15, 0.2) is 0 Å². The van der Waals surface area contributed by atoms with Gasteiger partial charge in [0.15, 0.2) is 0 Å². The highest BCUT2D eigenvalue weighted by atomic mass is 16.5. The molecule has 3 heterocycles. The lowest BCUT2D eigenvalue weighted by Gasteiger charge is -2.48. The molecule has 3 fully saturated rings. The smallest absolute Gasteiger partial charge is 0.0554 e. The Hall–Kier alpha value is -0.120. The first-order valence-corrected chi connectivity index (χ1v) is 7.19. The first kappa shape index (κ1) is 11.9. The van der Waals surface area contributed by atoms with Gasteiger partial charge in [0.25, 0.3) is 0 Å². The molecule has 1 N–H and O–H groups in total. The van der Waals surface area contributed by atoms with Gasteiger partial charge in [-0.1, -0.05) is 13.3 Å². The monoisotopic (exact) mass is 238 g/mol. The fourth-order valence-electron chi connectivity index (χ4n) is 3.73. The molecule has 3 heteroatoms. The topological polar surface area (TPSA) is 24.5 Å². The van der Waals surface area contributed by atoms with Crippen molar-refractivity contribution in [3.05, 3.63) is 0 Å². The van der Waals surface area contributed by atoms with Crippen LogP contribution in [0.25, 0.3) is 0 Å². The maximum absolute atomic E-state index is 5.32. The van der Waals surface area contributed by atoms with Gasteiger partial charge in [0.2, 0.25) is 0 Å². The van der Waals surface area contributed by atoms with Crippen LogP contribution in [-0.4, -0.2) is 49.8 Å². The maximum Gasteiger partial charge on any atom is 0.0554 e. The van der Waals surface area contributed by atoms with E-state index in [-0.39, 0.29) is 0 Å². The largest absolute Gasteiger partial charge is 0.380 e. The van der Waals surface area contributed by atoms with Crippen LogP contribution in [0.1, 0.15) is 39.0 Å². The number of ether oxygens (including phenoxy) is 1. The second kappa shape index (κ2) is 4.52.